The maximum Gasteiger partial charge on any atom is 0.323 e. The molecule has 9 heterocycles. The summed E-state index contributed by atoms with van der Waals surface area (Å²) in [5.74, 6) is 2.73. The molecule has 3 aromatic carbocycles. The monoisotopic (exact) mass is 1640 g/mol. The number of carboxylic acid groups (broad SMARTS) is 4. The first kappa shape index (κ1) is 85.3. The minimum atomic E-state index is -0.962. The van der Waals surface area contributed by atoms with E-state index < -0.39 is 23.9 Å². The number of nitrogens with one attached hydrogen (secondary N) is 8. The summed E-state index contributed by atoms with van der Waals surface area (Å²) in [6.07, 6.45) is 38.2. The minimum absolute atomic E-state index is 0.161. The molecule has 0 atom stereocenters. The van der Waals surface area contributed by atoms with Crippen LogP contribution in [0.25, 0.3) is 44.7 Å². The molecule has 0 unspecified atom stereocenters. The van der Waals surface area contributed by atoms with E-state index in [9.17, 15) is 29.4 Å². The van der Waals surface area contributed by atoms with E-state index in [4.69, 9.17) is 14.6 Å². The van der Waals surface area contributed by atoms with Crippen LogP contribution in [0, 0.1) is 0 Å². The lowest BCUT2D eigenvalue weighted by atomic mass is 9.84. The Morgan fingerprint density at radius 2 is 0.692 bits per heavy atom. The molecule has 33 heteroatoms. The van der Waals surface area contributed by atoms with Gasteiger partial charge in [0, 0.05) is 44.8 Å². The van der Waals surface area contributed by atoms with Gasteiger partial charge in [-0.2, -0.15) is 39.9 Å². The summed E-state index contributed by atoms with van der Waals surface area (Å²) in [7, 11) is 0. The van der Waals surface area contributed by atoms with Gasteiger partial charge < -0.3 is 85.6 Å². The van der Waals surface area contributed by atoms with Crippen molar-refractivity contribution in [3.8, 4) is 0 Å². The molecule has 0 spiro atoms. The Kier molecular flexibility index (Phi) is 30.7. The molecule has 0 amide bonds. The van der Waals surface area contributed by atoms with Gasteiger partial charge in [0.2, 0.25) is 23.8 Å². The van der Waals surface area contributed by atoms with Crippen molar-refractivity contribution in [3.63, 3.8) is 0 Å². The fourth-order valence-corrected chi connectivity index (χ4v) is 15.9. The average molecular weight is 1640 g/mol. The van der Waals surface area contributed by atoms with E-state index in [1.54, 1.807) is 15.4 Å². The second-order valence-corrected chi connectivity index (χ2v) is 31.3. The molecule has 0 aliphatic heterocycles. The van der Waals surface area contributed by atoms with Crippen LogP contribution in [0.4, 0.5) is 47.1 Å². The third kappa shape index (κ3) is 24.3. The standard InChI is InChI=1S/C27H30N6O2.C25H28N6O3.C18H28N6O2.C17H26N6O2/c34-23(35)17-33-18-30-24-25(28-15-19-7-3-1-4-8-19)31-27(32-26(24)33)29-16-20-11-13-22(14-12-20)21-9-5-2-6-10-21;32-21(33)15-31-16-28-22-23(26-14-20-7-4-12-34-20)29-25(30-24(22)31)27-13-17-8-10-19(11-9-17)18-5-2-1-3-6-18;1-2-3-7-10-19-18-22-16(21-13-8-5-4-6-9-13)15-17(23-18)24(12-20-15)11-14(25)26;1-2-3-6-9-18-17-21-15(20-12-7-4-5-8-12)14-16(22-17)23(11-19-14)10-13(24)25/h1,3-4,7-8,11-14,18,21H,2,5-6,9-10,15-17H2,(H,34,35)(H2,28,29,31,32);4,7-12,16,18H,1-3,5-6,13-15H2,(H,32,33)(H2,26,27,29,30);12-13H,2-11H2,1H3,(H,25,26)(H2,19,21,22,23);11-12H,2-10H2,1H3,(H,24,25)(H2,18,20,21,22). The van der Waals surface area contributed by atoms with Crippen molar-refractivity contribution in [1.82, 2.24) is 78.1 Å². The lowest BCUT2D eigenvalue weighted by Gasteiger charge is -2.23. The molecule has 12 aromatic rings. The van der Waals surface area contributed by atoms with E-state index in [1.807, 2.05) is 42.5 Å². The molecule has 4 aliphatic carbocycles. The number of nitrogens with zero attached hydrogens (tertiary/aromatic N) is 16. The number of imidazole rings is 4. The Morgan fingerprint density at radius 1 is 0.358 bits per heavy atom. The van der Waals surface area contributed by atoms with Crippen LogP contribution in [0.2, 0.25) is 0 Å². The Bertz CT molecular complexity index is 5260. The number of aliphatic carboxylic acids is 4. The van der Waals surface area contributed by atoms with E-state index in [2.05, 4.69) is 165 Å². The zero-order valence-electron chi connectivity index (χ0n) is 68.6. The van der Waals surface area contributed by atoms with Crippen molar-refractivity contribution in [1.29, 1.82) is 0 Å². The molecule has 0 saturated heterocycles. The normalized spacial score (nSPS) is 14.6. The van der Waals surface area contributed by atoms with Crippen molar-refractivity contribution in [2.24, 2.45) is 0 Å². The topological polar surface area (TPSA) is 433 Å². The number of hydrogen-bond donors (Lipinski definition) is 12. The first-order chi connectivity index (χ1) is 58.6. The van der Waals surface area contributed by atoms with Crippen LogP contribution in [0.15, 0.2) is 127 Å². The van der Waals surface area contributed by atoms with Gasteiger partial charge in [-0.25, -0.2) is 19.9 Å². The number of benzene rings is 3. The zero-order chi connectivity index (χ0) is 83.4. The van der Waals surface area contributed by atoms with Gasteiger partial charge in [-0.05, 0) is 116 Å². The van der Waals surface area contributed by atoms with Crippen molar-refractivity contribution in [2.45, 2.75) is 251 Å². The maximum absolute atomic E-state index is 11.3. The smallest absolute Gasteiger partial charge is 0.323 e. The van der Waals surface area contributed by atoms with E-state index in [0.29, 0.717) is 142 Å². The van der Waals surface area contributed by atoms with Crippen LogP contribution in [-0.2, 0) is 71.5 Å². The fraction of sp³-hybridized carbons (Fsp3) is 0.471. The van der Waals surface area contributed by atoms with Crippen LogP contribution in [0.3, 0.4) is 0 Å². The highest BCUT2D eigenvalue weighted by Gasteiger charge is 2.25. The third-order valence-electron chi connectivity index (χ3n) is 22.2. The van der Waals surface area contributed by atoms with Crippen molar-refractivity contribution in [3.05, 3.63) is 156 Å². The third-order valence-corrected chi connectivity index (χ3v) is 22.2. The highest BCUT2D eigenvalue weighted by molar-refractivity contribution is 5.88. The molecule has 4 saturated carbocycles. The van der Waals surface area contributed by atoms with Gasteiger partial charge in [-0.15, -0.1) is 0 Å². The van der Waals surface area contributed by atoms with Crippen LogP contribution in [-0.4, -0.2) is 148 Å². The Labute approximate surface area is 696 Å². The molecule has 0 radical (unpaired) electrons. The number of anilines is 8. The summed E-state index contributed by atoms with van der Waals surface area (Å²) in [5, 5.41) is 63.4. The Morgan fingerprint density at radius 3 is 1.06 bits per heavy atom. The number of aromatic nitrogens is 16. The number of carboxylic acids is 4. The quantitative estimate of drug-likeness (QED) is 0.0162. The summed E-state index contributed by atoms with van der Waals surface area (Å²) in [5.41, 5.74) is 10.6. The average Bonchev–Trinajstić information content (AvgIpc) is 1.65. The van der Waals surface area contributed by atoms with Crippen molar-refractivity contribution < 1.29 is 44.0 Å². The van der Waals surface area contributed by atoms with Crippen LogP contribution >= 0.6 is 0 Å². The zero-order valence-corrected chi connectivity index (χ0v) is 68.6. The highest BCUT2D eigenvalue weighted by atomic mass is 16.4. The number of fused-ring (bicyclic) bond motifs is 4. The molecular formula is C87H112N24O9. The highest BCUT2D eigenvalue weighted by Crippen LogP contribution is 2.36. The molecule has 16 rings (SSSR count). The predicted molar refractivity (Wildman–Crippen MR) is 463 cm³/mol. The van der Waals surface area contributed by atoms with Gasteiger partial charge in [0.15, 0.2) is 67.9 Å². The summed E-state index contributed by atoms with van der Waals surface area (Å²) in [6, 6.07) is 32.1. The molecule has 120 heavy (non-hydrogen) atoms. The largest absolute Gasteiger partial charge is 0.480 e. The van der Waals surface area contributed by atoms with Crippen molar-refractivity contribution >= 4 is 116 Å². The molecule has 634 valence electrons. The Hall–Kier alpha value is -12.6. The van der Waals surface area contributed by atoms with Gasteiger partial charge in [-0.3, -0.25) is 19.2 Å². The summed E-state index contributed by atoms with van der Waals surface area (Å²) < 4.78 is 11.5. The Balaban J connectivity index is 0.000000140. The number of carbonyl (C=O) groups is 4. The first-order valence-electron chi connectivity index (χ1n) is 42.6. The summed E-state index contributed by atoms with van der Waals surface area (Å²) in [4.78, 5) is 98.9. The lowest BCUT2D eigenvalue weighted by molar-refractivity contribution is -0.138. The van der Waals surface area contributed by atoms with E-state index in [0.717, 1.165) is 99.7 Å². The predicted octanol–water partition coefficient (Wildman–Crippen LogP) is 16.1. The van der Waals surface area contributed by atoms with Gasteiger partial charge in [0.05, 0.1) is 38.1 Å². The van der Waals surface area contributed by atoms with Crippen LogP contribution in [0.5, 0.6) is 0 Å². The van der Waals surface area contributed by atoms with Gasteiger partial charge in [0.25, 0.3) is 0 Å². The van der Waals surface area contributed by atoms with E-state index in [1.165, 1.54) is 142 Å². The molecule has 4 fully saturated rings. The maximum atomic E-state index is 11.3. The first-order valence-corrected chi connectivity index (χ1v) is 42.6. The number of furan rings is 1. The lowest BCUT2D eigenvalue weighted by Crippen LogP contribution is -2.23. The molecule has 0 bridgehead atoms. The van der Waals surface area contributed by atoms with Gasteiger partial charge >= 0.3 is 23.9 Å². The second kappa shape index (κ2) is 43.2. The summed E-state index contributed by atoms with van der Waals surface area (Å²) in [6.45, 7) is 7.29. The summed E-state index contributed by atoms with van der Waals surface area (Å²) >= 11 is 0. The molecular weight excluding hydrogens is 1530 g/mol. The fourth-order valence-electron chi connectivity index (χ4n) is 15.9. The van der Waals surface area contributed by atoms with Crippen molar-refractivity contribution in [2.75, 3.05) is 55.6 Å². The van der Waals surface area contributed by atoms with Gasteiger partial charge in [-0.1, -0.05) is 189 Å². The molecule has 12 N–H and O–H groups in total. The number of hydrogen-bond acceptors (Lipinski definition) is 25. The SMILES string of the molecule is CCCCCNc1nc(NC2CCCC2)c2ncn(CC(=O)O)c2n1.CCCCCNc1nc(NC2CCCCC2)c2ncn(CC(=O)O)c2n1.O=C(O)Cn1cnc2c(NCc3ccccc3)nc(NCc3ccc(C4CCCCC4)cc3)nc21.O=C(O)Cn1cnc2c(NCc3ccco3)nc(NCc3ccc(C4CCCCC4)cc3)nc21. The molecule has 4 aliphatic rings. The molecule has 33 nitrogen and oxygen atoms in total. The van der Waals surface area contributed by atoms with Gasteiger partial charge in [0.1, 0.15) is 31.9 Å². The number of rotatable bonds is 36. The molecule has 9 aromatic heterocycles. The second-order valence-electron chi connectivity index (χ2n) is 31.3. The van der Waals surface area contributed by atoms with Crippen LogP contribution in [0.1, 0.15) is 220 Å². The van der Waals surface area contributed by atoms with E-state index in [-0.39, 0.29) is 26.2 Å². The minimum Gasteiger partial charge on any atom is -0.480 e. The number of unbranched alkanes of at least 4 members (excludes halogenated alkanes) is 4. The van der Waals surface area contributed by atoms with Crippen LogP contribution < -0.4 is 42.5 Å². The van der Waals surface area contributed by atoms with E-state index >= 15 is 0 Å².